The maximum Gasteiger partial charge on any atom is 0.363 e. The third-order valence-electron chi connectivity index (χ3n) is 3.87. The quantitative estimate of drug-likeness (QED) is 0.534. The third kappa shape index (κ3) is 2.63. The van der Waals surface area contributed by atoms with E-state index in [-0.39, 0.29) is 17.5 Å². The highest BCUT2D eigenvalue weighted by atomic mass is 16.6. The summed E-state index contributed by atoms with van der Waals surface area (Å²) < 4.78 is 6.70. The van der Waals surface area contributed by atoms with Crippen LogP contribution in [0.1, 0.15) is 22.8 Å². The first kappa shape index (κ1) is 15.0. The minimum absolute atomic E-state index is 0.157. The fraction of sp³-hybridized carbons (Fsp3) is 0.0526. The van der Waals surface area contributed by atoms with Gasteiger partial charge < -0.3 is 4.74 Å². The van der Waals surface area contributed by atoms with Gasteiger partial charge in [-0.1, -0.05) is 18.2 Å². The van der Waals surface area contributed by atoms with Crippen molar-refractivity contribution in [3.63, 3.8) is 0 Å². The van der Waals surface area contributed by atoms with Gasteiger partial charge in [-0.15, -0.1) is 0 Å². The summed E-state index contributed by atoms with van der Waals surface area (Å²) in [5.74, 6) is -0.410. The molecule has 0 amide bonds. The second-order valence-corrected chi connectivity index (χ2v) is 5.55. The number of aliphatic imine (C=N–C) groups is 1. The normalized spacial score (nSPS) is 15.5. The highest BCUT2D eigenvalue weighted by molar-refractivity contribution is 6.13. The van der Waals surface area contributed by atoms with Crippen LogP contribution in [0.4, 0.5) is 0 Å². The Balaban J connectivity index is 1.81. The number of nitrogens with zero attached hydrogens (tertiary/aromatic N) is 3. The smallest absolute Gasteiger partial charge is 0.363 e. The van der Waals surface area contributed by atoms with Gasteiger partial charge in [-0.05, 0) is 30.3 Å². The number of hydrogen-bond donors (Lipinski definition) is 0. The molecule has 3 heterocycles. The van der Waals surface area contributed by atoms with Crippen molar-refractivity contribution in [3.8, 4) is 0 Å². The number of aromatic nitrogens is 2. The first-order chi connectivity index (χ1) is 12.1. The molecule has 1 aromatic carbocycles. The van der Waals surface area contributed by atoms with E-state index in [1.165, 1.54) is 11.5 Å². The summed E-state index contributed by atoms with van der Waals surface area (Å²) in [5.41, 5.74) is 2.14. The van der Waals surface area contributed by atoms with E-state index < -0.39 is 5.97 Å². The van der Waals surface area contributed by atoms with Crippen molar-refractivity contribution in [2.45, 2.75) is 6.92 Å². The van der Waals surface area contributed by atoms with Crippen LogP contribution in [0.2, 0.25) is 0 Å². The van der Waals surface area contributed by atoms with Gasteiger partial charge in [0, 0.05) is 35.8 Å². The molecule has 0 bridgehead atoms. The molecule has 0 unspecified atom stereocenters. The Morgan fingerprint density at radius 2 is 1.96 bits per heavy atom. The van der Waals surface area contributed by atoms with Crippen molar-refractivity contribution < 1.29 is 14.3 Å². The van der Waals surface area contributed by atoms with Gasteiger partial charge in [-0.3, -0.25) is 9.36 Å². The van der Waals surface area contributed by atoms with E-state index in [1.807, 2.05) is 36.4 Å². The lowest BCUT2D eigenvalue weighted by Gasteiger charge is -1.97. The van der Waals surface area contributed by atoms with E-state index in [4.69, 9.17) is 4.74 Å². The first-order valence-corrected chi connectivity index (χ1v) is 7.68. The van der Waals surface area contributed by atoms with Crippen LogP contribution in [-0.2, 0) is 9.53 Å². The molecule has 6 heteroatoms. The van der Waals surface area contributed by atoms with Crippen LogP contribution < -0.4 is 0 Å². The summed E-state index contributed by atoms with van der Waals surface area (Å²) in [5, 5.41) is 0.765. The molecule has 0 saturated carbocycles. The average Bonchev–Trinajstić information content (AvgIpc) is 3.18. The largest absolute Gasteiger partial charge is 0.402 e. The molecule has 1 aliphatic heterocycles. The number of esters is 1. The fourth-order valence-electron chi connectivity index (χ4n) is 2.70. The summed E-state index contributed by atoms with van der Waals surface area (Å²) in [7, 11) is 0. The maximum absolute atomic E-state index is 12.1. The van der Waals surface area contributed by atoms with Crippen molar-refractivity contribution >= 4 is 34.9 Å². The van der Waals surface area contributed by atoms with Crippen molar-refractivity contribution in [1.82, 2.24) is 9.55 Å². The zero-order chi connectivity index (χ0) is 17.4. The molecule has 4 rings (SSSR count). The van der Waals surface area contributed by atoms with E-state index in [1.54, 1.807) is 24.5 Å². The third-order valence-corrected chi connectivity index (χ3v) is 3.87. The molecule has 0 atom stereocenters. The number of carbonyl (C=O) groups excluding carboxylic acids is 2. The second-order valence-electron chi connectivity index (χ2n) is 5.55. The van der Waals surface area contributed by atoms with Crippen molar-refractivity contribution in [1.29, 1.82) is 0 Å². The topological polar surface area (TPSA) is 73.6 Å². The molecule has 0 spiro atoms. The number of rotatable bonds is 2. The van der Waals surface area contributed by atoms with Gasteiger partial charge in [0.05, 0.1) is 0 Å². The Bertz CT molecular complexity index is 1060. The van der Waals surface area contributed by atoms with Crippen LogP contribution in [0.15, 0.2) is 65.5 Å². The molecule has 0 fully saturated rings. The van der Waals surface area contributed by atoms with Crippen molar-refractivity contribution in [3.05, 3.63) is 71.7 Å². The van der Waals surface area contributed by atoms with E-state index >= 15 is 0 Å². The fourth-order valence-corrected chi connectivity index (χ4v) is 2.70. The first-order valence-electron chi connectivity index (χ1n) is 7.68. The number of hydrogen-bond acceptors (Lipinski definition) is 5. The summed E-state index contributed by atoms with van der Waals surface area (Å²) in [6.07, 6.45) is 4.88. The van der Waals surface area contributed by atoms with Gasteiger partial charge in [0.25, 0.3) is 0 Å². The SMILES string of the molecule is CC(=O)n1cc(C=C2N=C(c3ccccc3)OC2=O)c2cccnc21. The average molecular weight is 331 g/mol. The lowest BCUT2D eigenvalue weighted by atomic mass is 10.2. The Morgan fingerprint density at radius 1 is 1.16 bits per heavy atom. The van der Waals surface area contributed by atoms with E-state index in [9.17, 15) is 9.59 Å². The Hall–Kier alpha value is -3.54. The lowest BCUT2D eigenvalue weighted by Crippen LogP contribution is -2.05. The minimum atomic E-state index is -0.522. The Kier molecular flexibility index (Phi) is 3.50. The molecule has 0 aliphatic carbocycles. The highest BCUT2D eigenvalue weighted by Gasteiger charge is 2.24. The monoisotopic (exact) mass is 331 g/mol. The molecule has 6 nitrogen and oxygen atoms in total. The Labute approximate surface area is 143 Å². The van der Waals surface area contributed by atoms with Gasteiger partial charge >= 0.3 is 5.97 Å². The summed E-state index contributed by atoms with van der Waals surface area (Å²) >= 11 is 0. The van der Waals surface area contributed by atoms with Gasteiger partial charge in [-0.25, -0.2) is 14.8 Å². The number of benzene rings is 1. The van der Waals surface area contributed by atoms with Gasteiger partial charge in [-0.2, -0.15) is 0 Å². The van der Waals surface area contributed by atoms with Crippen LogP contribution in [0.5, 0.6) is 0 Å². The van der Waals surface area contributed by atoms with Crippen molar-refractivity contribution in [2.24, 2.45) is 4.99 Å². The number of pyridine rings is 1. The van der Waals surface area contributed by atoms with Gasteiger partial charge in [0.2, 0.25) is 11.8 Å². The van der Waals surface area contributed by atoms with Crippen molar-refractivity contribution in [2.75, 3.05) is 0 Å². The molecule has 25 heavy (non-hydrogen) atoms. The Morgan fingerprint density at radius 3 is 2.72 bits per heavy atom. The van der Waals surface area contributed by atoms with Gasteiger partial charge in [0.1, 0.15) is 5.65 Å². The van der Waals surface area contributed by atoms with Crippen LogP contribution in [0.3, 0.4) is 0 Å². The maximum atomic E-state index is 12.1. The zero-order valence-corrected chi connectivity index (χ0v) is 13.3. The van der Waals surface area contributed by atoms with Crippen LogP contribution >= 0.6 is 0 Å². The second kappa shape index (κ2) is 5.83. The number of fused-ring (bicyclic) bond motifs is 1. The molecule has 2 aromatic heterocycles. The van der Waals surface area contributed by atoms with E-state index in [0.717, 1.165) is 10.9 Å². The van der Waals surface area contributed by atoms with E-state index in [2.05, 4.69) is 9.98 Å². The van der Waals surface area contributed by atoms with E-state index in [0.29, 0.717) is 11.2 Å². The molecule has 3 aromatic rings. The van der Waals surface area contributed by atoms with Crippen LogP contribution in [-0.4, -0.2) is 27.3 Å². The summed E-state index contributed by atoms with van der Waals surface area (Å²) in [6, 6.07) is 12.8. The molecule has 122 valence electrons. The number of ether oxygens (including phenoxy) is 1. The predicted octanol–water partition coefficient (Wildman–Crippen LogP) is 3.04. The molecular weight excluding hydrogens is 318 g/mol. The number of carbonyl (C=O) groups is 2. The summed E-state index contributed by atoms with van der Waals surface area (Å²) in [6.45, 7) is 1.46. The van der Waals surface area contributed by atoms with Crippen LogP contribution in [0.25, 0.3) is 17.1 Å². The predicted molar refractivity (Wildman–Crippen MR) is 93.1 cm³/mol. The number of cyclic esters (lactones) is 1. The molecular formula is C19H13N3O3. The lowest BCUT2D eigenvalue weighted by molar-refractivity contribution is -0.129. The molecule has 0 radical (unpaired) electrons. The molecule has 0 saturated heterocycles. The minimum Gasteiger partial charge on any atom is -0.402 e. The van der Waals surface area contributed by atoms with Gasteiger partial charge in [0.15, 0.2) is 5.70 Å². The zero-order valence-electron chi connectivity index (χ0n) is 13.3. The standard InChI is InChI=1S/C19H13N3O3/c1-12(23)22-11-14(15-8-5-9-20-17(15)22)10-16-19(24)25-18(21-16)13-6-3-2-4-7-13/h2-11H,1H3. The highest BCUT2D eigenvalue weighted by Crippen LogP contribution is 2.25. The van der Waals surface area contributed by atoms with Crippen LogP contribution in [0, 0.1) is 0 Å². The molecule has 1 aliphatic rings. The summed E-state index contributed by atoms with van der Waals surface area (Å²) in [4.78, 5) is 32.5. The molecule has 0 N–H and O–H groups in total.